The number of benzene rings is 2. The molecule has 3 unspecified atom stereocenters. The zero-order chi connectivity index (χ0) is 22.5. The third-order valence-corrected chi connectivity index (χ3v) is 7.55. The fraction of sp³-hybridized carbons (Fsp3) is 0.333. The maximum absolute atomic E-state index is 13.4. The zero-order valence-corrected chi connectivity index (χ0v) is 17.6. The van der Waals surface area contributed by atoms with Crippen LogP contribution < -0.4 is 21.1 Å². The van der Waals surface area contributed by atoms with Crippen molar-refractivity contribution in [3.05, 3.63) is 70.3 Å². The number of para-hydroxylation sites is 2. The van der Waals surface area contributed by atoms with Gasteiger partial charge in [0.15, 0.2) is 0 Å². The first-order chi connectivity index (χ1) is 15.9. The van der Waals surface area contributed by atoms with E-state index in [0.29, 0.717) is 28.0 Å². The van der Waals surface area contributed by atoms with Crippen LogP contribution in [0.4, 0.5) is 5.69 Å². The fourth-order valence-electron chi connectivity index (χ4n) is 5.74. The van der Waals surface area contributed by atoms with Gasteiger partial charge in [-0.05, 0) is 31.0 Å². The molecule has 4 aliphatic rings. The fourth-order valence-corrected chi connectivity index (χ4v) is 5.74. The molecule has 3 atom stereocenters. The molecule has 1 saturated heterocycles. The molecule has 4 heterocycles. The predicted molar refractivity (Wildman–Crippen MR) is 118 cm³/mol. The topological polar surface area (TPSA) is 117 Å². The van der Waals surface area contributed by atoms with Crippen molar-refractivity contribution in [3.8, 4) is 0 Å². The highest BCUT2D eigenvalue weighted by molar-refractivity contribution is 6.07. The van der Waals surface area contributed by atoms with E-state index in [1.54, 1.807) is 35.2 Å². The number of nitrogens with one attached hydrogen (secondary N) is 2. The summed E-state index contributed by atoms with van der Waals surface area (Å²) in [7, 11) is 0. The second-order valence-corrected chi connectivity index (χ2v) is 9.40. The Morgan fingerprint density at radius 2 is 1.82 bits per heavy atom. The molecule has 3 aliphatic heterocycles. The molecule has 2 aromatic carbocycles. The standard InChI is InChI=1S/C24H21N5O4/c30-19-17(28-18(12-25-19)26-15-7-3-1-5-13(15)20(28)31)11-24(33)14-6-2-4-8-16(14)29-21(24)27-23(9-10-23)22(29)32/h1-8,17,21,27,33H,9-12H2,(H,25,30). The van der Waals surface area contributed by atoms with E-state index in [1.165, 1.54) is 4.57 Å². The minimum Gasteiger partial charge on any atom is -0.381 e. The first-order valence-electron chi connectivity index (χ1n) is 11.1. The smallest absolute Gasteiger partial charge is 0.262 e. The quantitative estimate of drug-likeness (QED) is 0.536. The van der Waals surface area contributed by atoms with Crippen molar-refractivity contribution in [1.82, 2.24) is 20.2 Å². The number of carbonyl (C=O) groups excluding carboxylic acids is 2. The molecular formula is C24H21N5O4. The van der Waals surface area contributed by atoms with Gasteiger partial charge in [0.05, 0.1) is 23.1 Å². The summed E-state index contributed by atoms with van der Waals surface area (Å²) in [5.74, 6) is 0.0508. The van der Waals surface area contributed by atoms with Crippen LogP contribution in [0.2, 0.25) is 0 Å². The zero-order valence-electron chi connectivity index (χ0n) is 17.6. The normalized spacial score (nSPS) is 28.6. The van der Waals surface area contributed by atoms with Gasteiger partial charge in [-0.3, -0.25) is 29.2 Å². The van der Waals surface area contributed by atoms with Gasteiger partial charge in [0, 0.05) is 12.0 Å². The number of hydrogen-bond donors (Lipinski definition) is 3. The van der Waals surface area contributed by atoms with Crippen LogP contribution in [-0.4, -0.2) is 38.2 Å². The Balaban J connectivity index is 1.38. The summed E-state index contributed by atoms with van der Waals surface area (Å²) < 4.78 is 1.41. The second kappa shape index (κ2) is 6.06. The molecule has 3 N–H and O–H groups in total. The highest BCUT2D eigenvalue weighted by atomic mass is 16.3. The van der Waals surface area contributed by atoms with Crippen molar-refractivity contribution in [3.63, 3.8) is 0 Å². The Morgan fingerprint density at radius 3 is 2.64 bits per heavy atom. The third kappa shape index (κ3) is 2.33. The molecule has 0 radical (unpaired) electrons. The van der Waals surface area contributed by atoms with Crippen molar-refractivity contribution in [2.75, 3.05) is 4.90 Å². The molecule has 3 aromatic rings. The lowest BCUT2D eigenvalue weighted by Gasteiger charge is -2.36. The molecule has 2 amide bonds. The number of nitrogens with zero attached hydrogens (tertiary/aromatic N) is 3. The van der Waals surface area contributed by atoms with Crippen LogP contribution in [0.3, 0.4) is 0 Å². The third-order valence-electron chi connectivity index (χ3n) is 7.55. The van der Waals surface area contributed by atoms with Gasteiger partial charge in [-0.1, -0.05) is 30.3 Å². The highest BCUT2D eigenvalue weighted by Crippen LogP contribution is 2.55. The lowest BCUT2D eigenvalue weighted by Crippen LogP contribution is -2.53. The molecule has 9 heteroatoms. The average Bonchev–Trinajstić information content (AvgIpc) is 3.49. The molecule has 1 saturated carbocycles. The van der Waals surface area contributed by atoms with E-state index in [9.17, 15) is 19.5 Å². The highest BCUT2D eigenvalue weighted by Gasteiger charge is 2.67. The van der Waals surface area contributed by atoms with Crippen molar-refractivity contribution < 1.29 is 14.7 Å². The van der Waals surface area contributed by atoms with Gasteiger partial charge in [-0.2, -0.15) is 0 Å². The number of aliphatic hydroxyl groups is 1. The maximum Gasteiger partial charge on any atom is 0.262 e. The lowest BCUT2D eigenvalue weighted by atomic mass is 9.85. The number of fused-ring (bicyclic) bond motifs is 5. The van der Waals surface area contributed by atoms with Crippen molar-refractivity contribution >= 4 is 28.4 Å². The molecule has 0 bridgehead atoms. The number of carbonyl (C=O) groups is 2. The van der Waals surface area contributed by atoms with Gasteiger partial charge in [0.1, 0.15) is 29.2 Å². The van der Waals surface area contributed by atoms with E-state index in [1.807, 2.05) is 18.2 Å². The van der Waals surface area contributed by atoms with Gasteiger partial charge < -0.3 is 10.4 Å². The summed E-state index contributed by atoms with van der Waals surface area (Å²) in [5, 5.41) is 18.7. The van der Waals surface area contributed by atoms with Crippen LogP contribution >= 0.6 is 0 Å². The molecular weight excluding hydrogens is 422 g/mol. The minimum absolute atomic E-state index is 0.0470. The largest absolute Gasteiger partial charge is 0.381 e. The summed E-state index contributed by atoms with van der Waals surface area (Å²) in [5.41, 5.74) is -0.706. The Hall–Kier alpha value is -3.56. The van der Waals surface area contributed by atoms with E-state index in [0.717, 1.165) is 12.8 Å². The van der Waals surface area contributed by atoms with Gasteiger partial charge in [-0.15, -0.1) is 0 Å². The number of rotatable bonds is 2. The van der Waals surface area contributed by atoms with Crippen molar-refractivity contribution in [1.29, 1.82) is 0 Å². The van der Waals surface area contributed by atoms with Gasteiger partial charge >= 0.3 is 0 Å². The van der Waals surface area contributed by atoms with E-state index >= 15 is 0 Å². The summed E-state index contributed by atoms with van der Waals surface area (Å²) in [4.78, 5) is 45.9. The van der Waals surface area contributed by atoms with Crippen LogP contribution in [0.25, 0.3) is 10.9 Å². The van der Waals surface area contributed by atoms with E-state index < -0.39 is 23.3 Å². The number of aromatic nitrogens is 2. The maximum atomic E-state index is 13.4. The van der Waals surface area contributed by atoms with Crippen LogP contribution in [0.5, 0.6) is 0 Å². The summed E-state index contributed by atoms with van der Waals surface area (Å²) in [6.45, 7) is 0.139. The Bertz CT molecular complexity index is 1440. The van der Waals surface area contributed by atoms with Crippen LogP contribution in [0.15, 0.2) is 53.3 Å². The van der Waals surface area contributed by atoms with Crippen molar-refractivity contribution in [2.24, 2.45) is 0 Å². The molecule has 166 valence electrons. The first-order valence-corrected chi connectivity index (χ1v) is 11.1. The first kappa shape index (κ1) is 19.0. The number of amides is 2. The Kier molecular flexibility index (Phi) is 3.48. The van der Waals surface area contributed by atoms with Gasteiger partial charge in [-0.25, -0.2) is 4.98 Å². The van der Waals surface area contributed by atoms with Gasteiger partial charge in [0.2, 0.25) is 11.8 Å². The van der Waals surface area contributed by atoms with E-state index in [-0.39, 0.29) is 30.3 Å². The van der Waals surface area contributed by atoms with E-state index in [4.69, 9.17) is 0 Å². The van der Waals surface area contributed by atoms with Crippen LogP contribution in [0, 0.1) is 0 Å². The Labute approximate surface area is 188 Å². The predicted octanol–water partition coefficient (Wildman–Crippen LogP) is 0.654. The van der Waals surface area contributed by atoms with Crippen LogP contribution in [0.1, 0.15) is 36.7 Å². The summed E-state index contributed by atoms with van der Waals surface area (Å²) >= 11 is 0. The Morgan fingerprint density at radius 1 is 1.06 bits per heavy atom. The second-order valence-electron chi connectivity index (χ2n) is 9.40. The number of anilines is 1. The summed E-state index contributed by atoms with van der Waals surface area (Å²) in [6.07, 6.45) is 0.672. The monoisotopic (exact) mass is 443 g/mol. The molecule has 7 rings (SSSR count). The van der Waals surface area contributed by atoms with Crippen molar-refractivity contribution in [2.45, 2.75) is 49.2 Å². The number of hydrogen-bond acceptors (Lipinski definition) is 6. The van der Waals surface area contributed by atoms with E-state index in [2.05, 4.69) is 15.6 Å². The van der Waals surface area contributed by atoms with Crippen LogP contribution in [-0.2, 0) is 21.7 Å². The molecule has 1 aromatic heterocycles. The lowest BCUT2D eigenvalue weighted by molar-refractivity contribution is -0.128. The average molecular weight is 443 g/mol. The molecule has 2 fully saturated rings. The van der Waals surface area contributed by atoms with Gasteiger partial charge in [0.25, 0.3) is 5.56 Å². The molecule has 33 heavy (non-hydrogen) atoms. The minimum atomic E-state index is -1.56. The molecule has 1 spiro atoms. The SMILES string of the molecule is O=C1NCc2nc3ccccc3c(=O)n2C1CC1(O)c2ccccc2N2C(=O)C3(CC3)NC21. The molecule has 1 aliphatic carbocycles. The molecule has 9 nitrogen and oxygen atoms in total. The summed E-state index contributed by atoms with van der Waals surface area (Å²) in [6, 6.07) is 13.3.